The van der Waals surface area contributed by atoms with Crippen LogP contribution in [-0.4, -0.2) is 29.1 Å². The largest absolute Gasteiger partial charge is 0.356 e. The van der Waals surface area contributed by atoms with Gasteiger partial charge in [-0.1, -0.05) is 239 Å². The molecule has 0 aliphatic carbocycles. The van der Waals surface area contributed by atoms with Gasteiger partial charge < -0.3 is 9.80 Å². The van der Waals surface area contributed by atoms with E-state index in [1.807, 2.05) is 0 Å². The predicted molar refractivity (Wildman–Crippen MR) is 219 cm³/mol. The highest BCUT2D eigenvalue weighted by molar-refractivity contribution is 4.97. The number of hydrogen-bond acceptors (Lipinski definition) is 2. The third kappa shape index (κ3) is 29.1. The molecule has 0 N–H and O–H groups in total. The summed E-state index contributed by atoms with van der Waals surface area (Å²) in [7, 11) is 0. The molecule has 0 saturated heterocycles. The summed E-state index contributed by atoms with van der Waals surface area (Å²) < 4.78 is 0. The number of unbranched alkanes of at least 4 members (excludes halogenated alkanes) is 34. The van der Waals surface area contributed by atoms with Crippen molar-refractivity contribution < 1.29 is 0 Å². The highest BCUT2D eigenvalue weighted by atomic mass is 15.4. The highest BCUT2D eigenvalue weighted by Gasteiger charge is 2.24. The average Bonchev–Trinajstić information content (AvgIpc) is 3.48. The van der Waals surface area contributed by atoms with Gasteiger partial charge in [0.05, 0.1) is 0 Å². The van der Waals surface area contributed by atoms with E-state index in [2.05, 4.69) is 43.0 Å². The van der Waals surface area contributed by atoms with Gasteiger partial charge >= 0.3 is 0 Å². The Bertz CT molecular complexity index is 630. The molecular weight excluding hydrogens is 581 g/mol. The molecule has 1 unspecified atom stereocenters. The Labute approximate surface area is 305 Å². The van der Waals surface area contributed by atoms with Crippen molar-refractivity contribution >= 4 is 0 Å². The normalized spacial score (nSPS) is 14.6. The Kier molecular flexibility index (Phi) is 35.5. The van der Waals surface area contributed by atoms with Crippen LogP contribution in [0, 0.1) is 0 Å². The van der Waals surface area contributed by atoms with E-state index >= 15 is 0 Å². The van der Waals surface area contributed by atoms with Gasteiger partial charge in [-0.2, -0.15) is 0 Å². The maximum atomic E-state index is 2.73. The highest BCUT2D eigenvalue weighted by Crippen LogP contribution is 2.24. The second-order valence-corrected chi connectivity index (χ2v) is 16.1. The maximum Gasteiger partial charge on any atom is 0.101 e. The number of rotatable bonds is 40. The monoisotopic (exact) mass is 673 g/mol. The van der Waals surface area contributed by atoms with E-state index in [0.29, 0.717) is 6.17 Å². The zero-order chi connectivity index (χ0) is 34.4. The summed E-state index contributed by atoms with van der Waals surface area (Å²) in [4.78, 5) is 5.46. The molecule has 0 bridgehead atoms. The van der Waals surface area contributed by atoms with Gasteiger partial charge in [0.1, 0.15) is 6.17 Å². The molecule has 286 valence electrons. The Balaban J connectivity index is 2.16. The molecule has 2 nitrogen and oxygen atoms in total. The number of nitrogens with zero attached hydrogens (tertiary/aromatic N) is 2. The molecule has 0 aromatic carbocycles. The minimum absolute atomic E-state index is 0.638. The maximum absolute atomic E-state index is 2.73. The molecule has 48 heavy (non-hydrogen) atoms. The molecule has 0 radical (unpaired) electrons. The van der Waals surface area contributed by atoms with Crippen molar-refractivity contribution in [1.82, 2.24) is 9.80 Å². The second kappa shape index (κ2) is 37.6. The molecule has 1 rings (SSSR count). The van der Waals surface area contributed by atoms with Gasteiger partial charge in [0.15, 0.2) is 0 Å². The van der Waals surface area contributed by atoms with Crippen LogP contribution in [-0.2, 0) is 0 Å². The zero-order valence-electron chi connectivity index (χ0n) is 33.9. The summed E-state index contributed by atoms with van der Waals surface area (Å²) in [6.07, 6.45) is 60.4. The fourth-order valence-electron chi connectivity index (χ4n) is 7.95. The summed E-state index contributed by atoms with van der Waals surface area (Å²) in [5.41, 5.74) is 0. The topological polar surface area (TPSA) is 6.48 Å². The minimum Gasteiger partial charge on any atom is -0.356 e. The fraction of sp³-hybridized carbons (Fsp3) is 0.957. The van der Waals surface area contributed by atoms with E-state index < -0.39 is 0 Å². The molecule has 1 heterocycles. The molecule has 2 heteroatoms. The second-order valence-electron chi connectivity index (χ2n) is 16.1. The van der Waals surface area contributed by atoms with Crippen molar-refractivity contribution in [1.29, 1.82) is 0 Å². The molecule has 0 amide bonds. The lowest BCUT2D eigenvalue weighted by molar-refractivity contribution is 0.135. The van der Waals surface area contributed by atoms with E-state index in [9.17, 15) is 0 Å². The summed E-state index contributed by atoms with van der Waals surface area (Å²) in [5, 5.41) is 0. The van der Waals surface area contributed by atoms with Crippen molar-refractivity contribution in [3.05, 3.63) is 12.4 Å². The van der Waals surface area contributed by atoms with Crippen LogP contribution in [0.1, 0.15) is 265 Å². The van der Waals surface area contributed by atoms with Crippen LogP contribution < -0.4 is 0 Å². The quantitative estimate of drug-likeness (QED) is 0.0598. The van der Waals surface area contributed by atoms with Gasteiger partial charge in [0, 0.05) is 25.5 Å². The van der Waals surface area contributed by atoms with Crippen molar-refractivity contribution in [2.45, 2.75) is 271 Å². The molecule has 0 aromatic rings. The lowest BCUT2D eigenvalue weighted by Crippen LogP contribution is -2.39. The third-order valence-electron chi connectivity index (χ3n) is 11.3. The molecular formula is C46H92N2. The van der Waals surface area contributed by atoms with Crippen LogP contribution in [0.25, 0.3) is 0 Å². The lowest BCUT2D eigenvalue weighted by atomic mass is 10.0. The third-order valence-corrected chi connectivity index (χ3v) is 11.3. The van der Waals surface area contributed by atoms with Gasteiger partial charge in [0.25, 0.3) is 0 Å². The van der Waals surface area contributed by atoms with Crippen LogP contribution in [0.4, 0.5) is 0 Å². The molecule has 1 atom stereocenters. The van der Waals surface area contributed by atoms with Gasteiger partial charge in [0.2, 0.25) is 0 Å². The van der Waals surface area contributed by atoms with Gasteiger partial charge in [-0.05, 0) is 25.7 Å². The predicted octanol–water partition coefficient (Wildman–Crippen LogP) is 16.3. The Hall–Kier alpha value is -0.660. The first-order valence-corrected chi connectivity index (χ1v) is 23.0. The smallest absolute Gasteiger partial charge is 0.101 e. The van der Waals surface area contributed by atoms with Crippen molar-refractivity contribution in [2.75, 3.05) is 13.1 Å². The van der Waals surface area contributed by atoms with E-state index in [-0.39, 0.29) is 0 Å². The molecule has 1 aliphatic heterocycles. The Morgan fingerprint density at radius 3 is 0.729 bits per heavy atom. The van der Waals surface area contributed by atoms with E-state index in [0.717, 1.165) is 0 Å². The zero-order valence-corrected chi connectivity index (χ0v) is 33.9. The lowest BCUT2D eigenvalue weighted by Gasteiger charge is -2.33. The molecule has 0 saturated carbocycles. The van der Waals surface area contributed by atoms with E-state index in [1.165, 1.54) is 257 Å². The van der Waals surface area contributed by atoms with Gasteiger partial charge in [-0.25, -0.2) is 0 Å². The van der Waals surface area contributed by atoms with E-state index in [1.54, 1.807) is 0 Å². The first-order valence-electron chi connectivity index (χ1n) is 23.0. The summed E-state index contributed by atoms with van der Waals surface area (Å²) in [6.45, 7) is 9.49. The van der Waals surface area contributed by atoms with Crippen molar-refractivity contribution in [2.24, 2.45) is 0 Å². The van der Waals surface area contributed by atoms with Gasteiger partial charge in [-0.15, -0.1) is 0 Å². The molecule has 0 aromatic heterocycles. The Morgan fingerprint density at radius 2 is 0.479 bits per heavy atom. The Morgan fingerprint density at radius 1 is 0.271 bits per heavy atom. The van der Waals surface area contributed by atoms with Crippen LogP contribution in [0.5, 0.6) is 0 Å². The van der Waals surface area contributed by atoms with Crippen LogP contribution in [0.3, 0.4) is 0 Å². The number of hydrogen-bond donors (Lipinski definition) is 0. The van der Waals surface area contributed by atoms with Crippen LogP contribution >= 0.6 is 0 Å². The summed E-state index contributed by atoms with van der Waals surface area (Å²) in [6, 6.07) is 0. The van der Waals surface area contributed by atoms with Crippen molar-refractivity contribution in [3.63, 3.8) is 0 Å². The van der Waals surface area contributed by atoms with E-state index in [4.69, 9.17) is 0 Å². The summed E-state index contributed by atoms with van der Waals surface area (Å²) >= 11 is 0. The average molecular weight is 673 g/mol. The fourth-order valence-corrected chi connectivity index (χ4v) is 7.95. The van der Waals surface area contributed by atoms with Crippen LogP contribution in [0.2, 0.25) is 0 Å². The molecule has 0 spiro atoms. The summed E-state index contributed by atoms with van der Waals surface area (Å²) in [5.74, 6) is 0. The first kappa shape index (κ1) is 45.4. The SMILES string of the molecule is CCCCCCCCCCCCCCCCCCCN1C=CN(CCCCCCCCCCCCC)C1CCCCCCCCCCC. The standard InChI is InChI=1S/C46H92N2/c1-4-7-10-13-16-19-21-22-23-24-25-26-28-31-34-37-40-43-48-45-44-47(42-39-36-33-30-27-20-17-14-11-8-5-2)46(48)41-38-35-32-29-18-15-12-9-6-3/h44-46H,4-43H2,1-3H3. The van der Waals surface area contributed by atoms with Gasteiger partial charge in [-0.3, -0.25) is 0 Å². The van der Waals surface area contributed by atoms with Crippen molar-refractivity contribution in [3.8, 4) is 0 Å². The van der Waals surface area contributed by atoms with Crippen LogP contribution in [0.15, 0.2) is 12.4 Å². The minimum atomic E-state index is 0.638. The first-order chi connectivity index (χ1) is 23.8. The molecule has 1 aliphatic rings. The molecule has 0 fully saturated rings.